The SMILES string of the molecule is CC(C)(O)c1noc(-c2cnc(Nc3ncc4c(n3)C(C)(C)OB4O)cc2N[C@H](CO)c2ccccc2)n1. The molecule has 0 spiro atoms. The second-order valence-electron chi connectivity index (χ2n) is 9.99. The summed E-state index contributed by atoms with van der Waals surface area (Å²) in [6.07, 6.45) is 3.06. The van der Waals surface area contributed by atoms with E-state index in [1.54, 1.807) is 19.9 Å². The van der Waals surface area contributed by atoms with Gasteiger partial charge in [-0.25, -0.2) is 15.0 Å². The van der Waals surface area contributed by atoms with E-state index < -0.39 is 24.4 Å². The number of benzene rings is 1. The minimum absolute atomic E-state index is 0.126. The molecule has 196 valence electrons. The van der Waals surface area contributed by atoms with Crippen molar-refractivity contribution in [3.8, 4) is 11.5 Å². The summed E-state index contributed by atoms with van der Waals surface area (Å²) in [6.45, 7) is 6.58. The molecule has 1 aromatic carbocycles. The summed E-state index contributed by atoms with van der Waals surface area (Å²) in [4.78, 5) is 17.6. The van der Waals surface area contributed by atoms with Gasteiger partial charge in [0.25, 0.3) is 5.89 Å². The Morgan fingerprint density at radius 1 is 1.11 bits per heavy atom. The van der Waals surface area contributed by atoms with Crippen molar-refractivity contribution in [3.63, 3.8) is 0 Å². The smallest absolute Gasteiger partial charge is 0.423 e. The lowest BCUT2D eigenvalue weighted by molar-refractivity contribution is 0.0661. The highest BCUT2D eigenvalue weighted by molar-refractivity contribution is 6.61. The van der Waals surface area contributed by atoms with Gasteiger partial charge in [-0.05, 0) is 33.3 Å². The van der Waals surface area contributed by atoms with E-state index in [1.807, 2.05) is 44.2 Å². The number of aliphatic hydroxyl groups is 2. The quantitative estimate of drug-likeness (QED) is 0.216. The Bertz CT molecular complexity index is 1440. The van der Waals surface area contributed by atoms with Gasteiger partial charge in [0.15, 0.2) is 0 Å². The average Bonchev–Trinajstić information content (AvgIpc) is 3.46. The van der Waals surface area contributed by atoms with Crippen molar-refractivity contribution in [1.82, 2.24) is 25.1 Å². The van der Waals surface area contributed by atoms with Crippen LogP contribution < -0.4 is 16.1 Å². The number of hydrogen-bond donors (Lipinski definition) is 5. The first-order valence-corrected chi connectivity index (χ1v) is 12.0. The molecule has 5 rings (SSSR count). The first-order valence-electron chi connectivity index (χ1n) is 12.0. The highest BCUT2D eigenvalue weighted by Crippen LogP contribution is 2.33. The Kier molecular flexibility index (Phi) is 6.61. The molecule has 0 unspecified atom stereocenters. The molecule has 0 bridgehead atoms. The molecule has 4 heterocycles. The molecule has 1 aliphatic rings. The van der Waals surface area contributed by atoms with Crippen LogP contribution in [0.2, 0.25) is 0 Å². The minimum atomic E-state index is -1.29. The van der Waals surface area contributed by atoms with Gasteiger partial charge in [-0.3, -0.25) is 0 Å². The third-order valence-electron chi connectivity index (χ3n) is 6.12. The van der Waals surface area contributed by atoms with Gasteiger partial charge in [0.2, 0.25) is 11.8 Å². The summed E-state index contributed by atoms with van der Waals surface area (Å²) >= 11 is 0. The van der Waals surface area contributed by atoms with Crippen LogP contribution in [0.3, 0.4) is 0 Å². The predicted molar refractivity (Wildman–Crippen MR) is 140 cm³/mol. The fourth-order valence-electron chi connectivity index (χ4n) is 4.13. The van der Waals surface area contributed by atoms with Gasteiger partial charge in [0.1, 0.15) is 11.4 Å². The van der Waals surface area contributed by atoms with E-state index in [2.05, 4.69) is 35.7 Å². The molecular formula is C25H28BN7O5. The summed E-state index contributed by atoms with van der Waals surface area (Å²) in [7, 11) is -1.08. The van der Waals surface area contributed by atoms with Crippen molar-refractivity contribution >= 4 is 30.0 Å². The highest BCUT2D eigenvalue weighted by Gasteiger charge is 2.42. The fourth-order valence-corrected chi connectivity index (χ4v) is 4.13. The molecule has 13 heteroatoms. The first kappa shape index (κ1) is 25.7. The van der Waals surface area contributed by atoms with Crippen LogP contribution in [0.25, 0.3) is 11.5 Å². The molecule has 1 atom stereocenters. The van der Waals surface area contributed by atoms with Crippen LogP contribution >= 0.6 is 0 Å². The van der Waals surface area contributed by atoms with Crippen LogP contribution in [0.15, 0.2) is 53.3 Å². The number of rotatable bonds is 8. The molecular weight excluding hydrogens is 489 g/mol. The van der Waals surface area contributed by atoms with Gasteiger partial charge in [-0.1, -0.05) is 35.5 Å². The Labute approximate surface area is 219 Å². The largest absolute Gasteiger partial charge is 0.495 e. The molecule has 0 aliphatic carbocycles. The predicted octanol–water partition coefficient (Wildman–Crippen LogP) is 1.99. The van der Waals surface area contributed by atoms with Crippen LogP contribution in [0.1, 0.15) is 50.8 Å². The monoisotopic (exact) mass is 517 g/mol. The van der Waals surface area contributed by atoms with Crippen molar-refractivity contribution in [2.24, 2.45) is 0 Å². The molecule has 3 aromatic heterocycles. The van der Waals surface area contributed by atoms with Crippen molar-refractivity contribution in [2.45, 2.75) is 44.9 Å². The van der Waals surface area contributed by atoms with Crippen molar-refractivity contribution in [3.05, 3.63) is 65.9 Å². The number of nitrogens with one attached hydrogen (secondary N) is 2. The van der Waals surface area contributed by atoms with Crippen molar-refractivity contribution < 1.29 is 24.4 Å². The summed E-state index contributed by atoms with van der Waals surface area (Å²) < 4.78 is 11.0. The second kappa shape index (κ2) is 9.76. The number of anilines is 3. The number of aliphatic hydroxyl groups excluding tert-OH is 1. The maximum Gasteiger partial charge on any atom is 0.495 e. The first-order chi connectivity index (χ1) is 18.0. The standard InChI is InChI=1S/C25H28BN7O5/c1-24(2,35)22-32-21(37-33-22)15-11-27-19(10-17(15)29-18(13-34)14-8-6-5-7-9-14)30-23-28-12-16-20(31-23)25(3,4)38-26(16)36/h5-12,18,34-36H,13H2,1-4H3,(H2,27,28,29,30,31)/t18-/m1/s1. The maximum atomic E-state index is 10.3. The number of fused-ring (bicyclic) bond motifs is 1. The van der Waals surface area contributed by atoms with Crippen LogP contribution in [0, 0.1) is 0 Å². The molecule has 1 aliphatic heterocycles. The second-order valence-corrected chi connectivity index (χ2v) is 9.99. The summed E-state index contributed by atoms with van der Waals surface area (Å²) in [5, 5.41) is 40.9. The van der Waals surface area contributed by atoms with Gasteiger partial charge >= 0.3 is 7.12 Å². The fraction of sp³-hybridized carbons (Fsp3) is 0.320. The molecule has 0 amide bonds. The van der Waals surface area contributed by atoms with Gasteiger partial charge in [-0.2, -0.15) is 4.98 Å². The zero-order valence-electron chi connectivity index (χ0n) is 21.4. The topological polar surface area (TPSA) is 172 Å². The van der Waals surface area contributed by atoms with Crippen LogP contribution in [0.4, 0.5) is 17.5 Å². The third kappa shape index (κ3) is 5.09. The lowest BCUT2D eigenvalue weighted by Crippen LogP contribution is -2.29. The van der Waals surface area contributed by atoms with E-state index in [0.717, 1.165) is 5.56 Å². The molecule has 38 heavy (non-hydrogen) atoms. The van der Waals surface area contributed by atoms with E-state index in [4.69, 9.17) is 9.18 Å². The zero-order valence-corrected chi connectivity index (χ0v) is 21.4. The highest BCUT2D eigenvalue weighted by atomic mass is 16.5. The molecule has 0 radical (unpaired) electrons. The van der Waals surface area contributed by atoms with Gasteiger partial charge in [-0.15, -0.1) is 0 Å². The zero-order chi connectivity index (χ0) is 27.1. The molecule has 0 saturated carbocycles. The van der Waals surface area contributed by atoms with E-state index in [-0.39, 0.29) is 24.3 Å². The molecule has 12 nitrogen and oxygen atoms in total. The van der Waals surface area contributed by atoms with E-state index >= 15 is 0 Å². The summed E-state index contributed by atoms with van der Waals surface area (Å²) in [5.41, 5.74) is 0.900. The number of nitrogens with zero attached hydrogens (tertiary/aromatic N) is 5. The molecule has 4 aromatic rings. The Morgan fingerprint density at radius 3 is 2.55 bits per heavy atom. The van der Waals surface area contributed by atoms with E-state index in [0.29, 0.717) is 28.2 Å². The average molecular weight is 517 g/mol. The maximum absolute atomic E-state index is 10.3. The number of hydrogen-bond acceptors (Lipinski definition) is 12. The van der Waals surface area contributed by atoms with Crippen molar-refractivity contribution in [2.75, 3.05) is 17.2 Å². The van der Waals surface area contributed by atoms with Crippen LogP contribution in [-0.4, -0.2) is 54.1 Å². The third-order valence-corrected chi connectivity index (χ3v) is 6.12. The number of pyridine rings is 1. The van der Waals surface area contributed by atoms with Crippen LogP contribution in [0.5, 0.6) is 0 Å². The van der Waals surface area contributed by atoms with Crippen LogP contribution in [-0.2, 0) is 15.9 Å². The van der Waals surface area contributed by atoms with Gasteiger partial charge in [0.05, 0.1) is 35.2 Å². The minimum Gasteiger partial charge on any atom is -0.423 e. The summed E-state index contributed by atoms with van der Waals surface area (Å²) in [5.74, 6) is 0.945. The van der Waals surface area contributed by atoms with E-state index in [1.165, 1.54) is 12.4 Å². The Hall–Kier alpha value is -3.91. The molecule has 0 fully saturated rings. The Balaban J connectivity index is 1.51. The lowest BCUT2D eigenvalue weighted by Gasteiger charge is -2.20. The van der Waals surface area contributed by atoms with Crippen molar-refractivity contribution in [1.29, 1.82) is 0 Å². The van der Waals surface area contributed by atoms with Gasteiger partial charge in [0, 0.05) is 23.9 Å². The lowest BCUT2D eigenvalue weighted by atomic mass is 9.82. The normalized spacial score (nSPS) is 15.3. The number of aromatic nitrogens is 5. The van der Waals surface area contributed by atoms with E-state index in [9.17, 15) is 15.2 Å². The molecule has 0 saturated heterocycles. The summed E-state index contributed by atoms with van der Waals surface area (Å²) in [6, 6.07) is 10.8. The van der Waals surface area contributed by atoms with Gasteiger partial charge < -0.3 is 35.0 Å². The Morgan fingerprint density at radius 2 is 1.87 bits per heavy atom. The molecule has 5 N–H and O–H groups in total.